The van der Waals surface area contributed by atoms with Crippen molar-refractivity contribution < 1.29 is 4.74 Å². The van der Waals surface area contributed by atoms with E-state index in [0.717, 1.165) is 47.2 Å². The Kier molecular flexibility index (Phi) is 3.99. The molecule has 0 spiro atoms. The first-order valence-electron chi connectivity index (χ1n) is 8.53. The van der Waals surface area contributed by atoms with Crippen molar-refractivity contribution in [2.75, 3.05) is 18.6 Å². The summed E-state index contributed by atoms with van der Waals surface area (Å²) in [7, 11) is 3.59. The van der Waals surface area contributed by atoms with Crippen molar-refractivity contribution in [1.82, 2.24) is 25.0 Å². The topological polar surface area (TPSA) is 69.0 Å². The van der Waals surface area contributed by atoms with Crippen LogP contribution in [0.25, 0.3) is 10.9 Å². The highest BCUT2D eigenvalue weighted by atomic mass is 16.5. The summed E-state index contributed by atoms with van der Waals surface area (Å²) in [5.41, 5.74) is 1.95. The normalized spacial score (nSPS) is 19.2. The number of benzene rings is 1. The second-order valence-electron chi connectivity index (χ2n) is 6.78. The van der Waals surface area contributed by atoms with Crippen LogP contribution in [0, 0.1) is 11.8 Å². The molecule has 25 heavy (non-hydrogen) atoms. The zero-order chi connectivity index (χ0) is 17.4. The number of nitrogens with zero attached hydrogens (tertiary/aromatic N) is 6. The van der Waals surface area contributed by atoms with Gasteiger partial charge in [-0.2, -0.15) is 0 Å². The van der Waals surface area contributed by atoms with Crippen LogP contribution in [-0.4, -0.2) is 38.6 Å². The number of ether oxygens (including phenoxy) is 1. The third-order valence-corrected chi connectivity index (χ3v) is 5.01. The largest absolute Gasteiger partial charge is 0.497 e. The lowest BCUT2D eigenvalue weighted by atomic mass is 10.2. The molecular weight excluding hydrogens is 316 g/mol. The molecule has 0 aliphatic heterocycles. The average molecular weight is 338 g/mol. The van der Waals surface area contributed by atoms with E-state index in [0.29, 0.717) is 5.92 Å². The maximum absolute atomic E-state index is 5.32. The van der Waals surface area contributed by atoms with Gasteiger partial charge in [-0.05, 0) is 30.4 Å². The fourth-order valence-corrected chi connectivity index (χ4v) is 3.21. The smallest absolute Gasteiger partial charge is 0.140 e. The molecule has 4 rings (SSSR count). The molecular formula is C18H22N6O. The van der Waals surface area contributed by atoms with E-state index in [1.807, 2.05) is 36.1 Å². The molecule has 0 bridgehead atoms. The van der Waals surface area contributed by atoms with Gasteiger partial charge in [-0.3, -0.25) is 4.68 Å². The molecule has 0 N–H and O–H groups in total. The zero-order valence-electron chi connectivity index (χ0n) is 14.8. The van der Waals surface area contributed by atoms with Crippen LogP contribution in [-0.2, 0) is 13.6 Å². The molecule has 7 heteroatoms. The summed E-state index contributed by atoms with van der Waals surface area (Å²) in [4.78, 5) is 11.3. The molecule has 3 aromatic rings. The second kappa shape index (κ2) is 6.31. The van der Waals surface area contributed by atoms with Crippen molar-refractivity contribution in [2.24, 2.45) is 18.9 Å². The summed E-state index contributed by atoms with van der Waals surface area (Å²) in [5.74, 6) is 3.24. The maximum atomic E-state index is 5.32. The molecule has 1 saturated carbocycles. The van der Waals surface area contributed by atoms with Gasteiger partial charge < -0.3 is 9.64 Å². The molecule has 0 radical (unpaired) electrons. The van der Waals surface area contributed by atoms with Gasteiger partial charge in [-0.15, -0.1) is 5.10 Å². The minimum absolute atomic E-state index is 0.712. The molecule has 0 unspecified atom stereocenters. The fraction of sp³-hybridized carbons (Fsp3) is 0.444. The molecule has 1 aromatic carbocycles. The highest BCUT2D eigenvalue weighted by Gasteiger charge is 2.34. The number of hydrogen-bond donors (Lipinski definition) is 0. The second-order valence-corrected chi connectivity index (χ2v) is 6.78. The third kappa shape index (κ3) is 3.14. The van der Waals surface area contributed by atoms with E-state index < -0.39 is 0 Å². The van der Waals surface area contributed by atoms with E-state index in [2.05, 4.69) is 32.1 Å². The van der Waals surface area contributed by atoms with E-state index >= 15 is 0 Å². The van der Waals surface area contributed by atoms with Gasteiger partial charge in [0.1, 0.15) is 17.9 Å². The molecule has 1 aliphatic carbocycles. The molecule has 7 nitrogen and oxygen atoms in total. The number of anilines is 1. The van der Waals surface area contributed by atoms with Crippen molar-refractivity contribution in [3.05, 3.63) is 36.4 Å². The first-order chi connectivity index (χ1) is 12.2. The van der Waals surface area contributed by atoms with Gasteiger partial charge >= 0.3 is 0 Å². The molecule has 1 fully saturated rings. The molecule has 0 amide bonds. The zero-order valence-corrected chi connectivity index (χ0v) is 14.8. The van der Waals surface area contributed by atoms with Crippen molar-refractivity contribution in [1.29, 1.82) is 0 Å². The van der Waals surface area contributed by atoms with Gasteiger partial charge in [-0.1, -0.05) is 12.1 Å². The van der Waals surface area contributed by atoms with Crippen molar-refractivity contribution in [3.8, 4) is 5.75 Å². The van der Waals surface area contributed by atoms with E-state index in [1.54, 1.807) is 13.4 Å². The number of aromatic nitrogens is 5. The summed E-state index contributed by atoms with van der Waals surface area (Å²) < 4.78 is 7.13. The van der Waals surface area contributed by atoms with Crippen LogP contribution in [0.1, 0.15) is 19.0 Å². The quantitative estimate of drug-likeness (QED) is 0.687. The Morgan fingerprint density at radius 1 is 1.32 bits per heavy atom. The van der Waals surface area contributed by atoms with Gasteiger partial charge in [0.15, 0.2) is 0 Å². The Hall–Kier alpha value is -2.70. The minimum Gasteiger partial charge on any atom is -0.497 e. The number of rotatable bonds is 6. The van der Waals surface area contributed by atoms with Crippen LogP contribution >= 0.6 is 0 Å². The van der Waals surface area contributed by atoms with Crippen LogP contribution in [0.15, 0.2) is 30.7 Å². The van der Waals surface area contributed by atoms with Crippen LogP contribution in [0.3, 0.4) is 0 Å². The molecule has 0 saturated heterocycles. The number of aryl methyl sites for hydroxylation is 1. The predicted octanol–water partition coefficient (Wildman–Crippen LogP) is 2.43. The summed E-state index contributed by atoms with van der Waals surface area (Å²) in [5, 5.41) is 9.08. The van der Waals surface area contributed by atoms with E-state index in [-0.39, 0.29) is 0 Å². The Morgan fingerprint density at radius 2 is 2.16 bits per heavy atom. The van der Waals surface area contributed by atoms with E-state index in [1.165, 1.54) is 6.42 Å². The molecule has 2 heterocycles. The van der Waals surface area contributed by atoms with Crippen LogP contribution in [0.4, 0.5) is 5.82 Å². The lowest BCUT2D eigenvalue weighted by Gasteiger charge is -2.25. The SMILES string of the molecule is COc1ccc2c(N(Cc3cnnn3C)C[C@@H]3C[C@H]3C)ncnc2c1. The average Bonchev–Trinajstić information content (AvgIpc) is 3.17. The Labute approximate surface area is 146 Å². The maximum Gasteiger partial charge on any atom is 0.140 e. The van der Waals surface area contributed by atoms with Crippen molar-refractivity contribution >= 4 is 16.7 Å². The first-order valence-corrected chi connectivity index (χ1v) is 8.53. The molecule has 2 atom stereocenters. The van der Waals surface area contributed by atoms with Crippen molar-refractivity contribution in [3.63, 3.8) is 0 Å². The monoisotopic (exact) mass is 338 g/mol. The fourth-order valence-electron chi connectivity index (χ4n) is 3.21. The van der Waals surface area contributed by atoms with Gasteiger partial charge in [0.25, 0.3) is 0 Å². The first kappa shape index (κ1) is 15.8. The summed E-state index contributed by atoms with van der Waals surface area (Å²) in [6.07, 6.45) is 4.72. The lowest BCUT2D eigenvalue weighted by Crippen LogP contribution is -2.28. The molecule has 2 aromatic heterocycles. The third-order valence-electron chi connectivity index (χ3n) is 5.01. The van der Waals surface area contributed by atoms with Crippen molar-refractivity contribution in [2.45, 2.75) is 19.9 Å². The van der Waals surface area contributed by atoms with Crippen LogP contribution in [0.2, 0.25) is 0 Å². The van der Waals surface area contributed by atoms with Gasteiger partial charge in [-0.25, -0.2) is 9.97 Å². The van der Waals surface area contributed by atoms with Crippen LogP contribution < -0.4 is 9.64 Å². The summed E-state index contributed by atoms with van der Waals surface area (Å²) in [6, 6.07) is 5.94. The predicted molar refractivity (Wildman–Crippen MR) is 95.4 cm³/mol. The Bertz CT molecular complexity index is 892. The highest BCUT2D eigenvalue weighted by molar-refractivity contribution is 5.90. The number of methoxy groups -OCH3 is 1. The summed E-state index contributed by atoms with van der Waals surface area (Å²) in [6.45, 7) is 4.01. The molecule has 1 aliphatic rings. The lowest BCUT2D eigenvalue weighted by molar-refractivity contribution is 0.415. The number of hydrogen-bond acceptors (Lipinski definition) is 6. The summed E-state index contributed by atoms with van der Waals surface area (Å²) >= 11 is 0. The standard InChI is InChI=1S/C18H22N6O/c1-12-6-13(12)9-24(10-14-8-21-22-23(14)2)18-16-5-4-15(25-3)7-17(16)19-11-20-18/h4-5,7-8,11-13H,6,9-10H2,1-3H3/t12-,13+/m1/s1. The van der Waals surface area contributed by atoms with Gasteiger partial charge in [0.05, 0.1) is 31.1 Å². The molecule has 130 valence electrons. The Morgan fingerprint density at radius 3 is 2.84 bits per heavy atom. The Balaban J connectivity index is 1.73. The highest BCUT2D eigenvalue weighted by Crippen LogP contribution is 2.40. The van der Waals surface area contributed by atoms with Crippen LogP contribution in [0.5, 0.6) is 5.75 Å². The van der Waals surface area contributed by atoms with Gasteiger partial charge in [0, 0.05) is 25.0 Å². The van der Waals surface area contributed by atoms with Gasteiger partial charge in [0.2, 0.25) is 0 Å². The number of fused-ring (bicyclic) bond motifs is 1. The van der Waals surface area contributed by atoms with E-state index in [4.69, 9.17) is 4.74 Å². The minimum atomic E-state index is 0.712. The van der Waals surface area contributed by atoms with E-state index in [9.17, 15) is 0 Å².